The fraction of sp³-hybridized carbons (Fsp3) is 0.462. The van der Waals surface area contributed by atoms with Gasteiger partial charge in [-0.3, -0.25) is 4.79 Å². The van der Waals surface area contributed by atoms with Crippen LogP contribution in [-0.2, 0) is 21.4 Å². The molecule has 0 heterocycles. The number of hydrogen-bond donors (Lipinski definition) is 2. The number of carboxylic acid groups (broad SMARTS) is 1. The monoisotopic (exact) mass is 317 g/mol. The van der Waals surface area contributed by atoms with Gasteiger partial charge in [0, 0.05) is 20.0 Å². The molecule has 1 rings (SSSR count). The Morgan fingerprint density at radius 3 is 2.62 bits per heavy atom. The first-order chi connectivity index (χ1) is 9.76. The van der Waals surface area contributed by atoms with Crippen LogP contribution in [0.5, 0.6) is 11.5 Å². The molecule has 1 aromatic carbocycles. The van der Waals surface area contributed by atoms with Crippen LogP contribution in [0.15, 0.2) is 18.2 Å². The maximum atomic E-state index is 12.0. The van der Waals surface area contributed by atoms with Gasteiger partial charge in [-0.25, -0.2) is 12.7 Å². The molecule has 0 amide bonds. The van der Waals surface area contributed by atoms with Crippen LogP contribution in [0.2, 0.25) is 0 Å². The number of benzene rings is 1. The van der Waals surface area contributed by atoms with Crippen molar-refractivity contribution in [2.75, 3.05) is 19.9 Å². The van der Waals surface area contributed by atoms with Gasteiger partial charge in [0.25, 0.3) is 0 Å². The Bertz CT molecular complexity index is 599. The van der Waals surface area contributed by atoms with Crippen molar-refractivity contribution in [2.24, 2.45) is 0 Å². The topological polar surface area (TPSA) is 104 Å². The molecule has 118 valence electrons. The minimum Gasteiger partial charge on any atom is -0.504 e. The Balaban J connectivity index is 2.71. The third kappa shape index (κ3) is 5.24. The van der Waals surface area contributed by atoms with Gasteiger partial charge >= 0.3 is 5.97 Å². The van der Waals surface area contributed by atoms with Crippen molar-refractivity contribution in [3.05, 3.63) is 23.8 Å². The number of rotatable bonds is 8. The van der Waals surface area contributed by atoms with Gasteiger partial charge in [0.1, 0.15) is 0 Å². The predicted octanol–water partition coefficient (Wildman–Crippen LogP) is 1.03. The van der Waals surface area contributed by atoms with Gasteiger partial charge in [-0.05, 0) is 24.1 Å². The number of methoxy groups -OCH3 is 1. The average molecular weight is 317 g/mol. The van der Waals surface area contributed by atoms with Gasteiger partial charge in [0.15, 0.2) is 11.5 Å². The highest BCUT2D eigenvalue weighted by Gasteiger charge is 2.18. The molecule has 0 unspecified atom stereocenters. The van der Waals surface area contributed by atoms with Crippen molar-refractivity contribution in [3.8, 4) is 11.5 Å². The zero-order chi connectivity index (χ0) is 16.0. The second-order valence-corrected chi connectivity index (χ2v) is 6.77. The van der Waals surface area contributed by atoms with E-state index in [0.717, 1.165) is 4.31 Å². The zero-order valence-electron chi connectivity index (χ0n) is 11.9. The number of aromatic hydroxyl groups is 1. The van der Waals surface area contributed by atoms with Gasteiger partial charge in [-0.1, -0.05) is 6.07 Å². The van der Waals surface area contributed by atoms with E-state index in [1.165, 1.54) is 20.2 Å². The van der Waals surface area contributed by atoms with Crippen LogP contribution >= 0.6 is 0 Å². The van der Waals surface area contributed by atoms with Gasteiger partial charge in [0.05, 0.1) is 12.9 Å². The molecule has 0 spiro atoms. The van der Waals surface area contributed by atoms with E-state index in [9.17, 15) is 18.3 Å². The van der Waals surface area contributed by atoms with Gasteiger partial charge in [-0.15, -0.1) is 0 Å². The van der Waals surface area contributed by atoms with E-state index in [-0.39, 0.29) is 36.6 Å². The predicted molar refractivity (Wildman–Crippen MR) is 76.8 cm³/mol. The summed E-state index contributed by atoms with van der Waals surface area (Å²) in [7, 11) is -0.683. The summed E-state index contributed by atoms with van der Waals surface area (Å²) in [6.07, 6.45) is -0.110. The Morgan fingerprint density at radius 2 is 2.05 bits per heavy atom. The maximum absolute atomic E-state index is 12.0. The molecule has 0 fully saturated rings. The molecular weight excluding hydrogens is 298 g/mol. The van der Waals surface area contributed by atoms with Crippen molar-refractivity contribution in [1.82, 2.24) is 4.31 Å². The van der Waals surface area contributed by atoms with Gasteiger partial charge in [-0.2, -0.15) is 0 Å². The number of ether oxygens (including phenoxy) is 1. The summed E-state index contributed by atoms with van der Waals surface area (Å²) >= 11 is 0. The number of aliphatic carboxylic acids is 1. The molecule has 1 aromatic rings. The highest BCUT2D eigenvalue weighted by molar-refractivity contribution is 7.89. The summed E-state index contributed by atoms with van der Waals surface area (Å²) in [5, 5.41) is 18.0. The minimum atomic E-state index is -3.52. The fourth-order valence-electron chi connectivity index (χ4n) is 1.74. The van der Waals surface area contributed by atoms with Crippen molar-refractivity contribution >= 4 is 16.0 Å². The average Bonchev–Trinajstić information content (AvgIpc) is 2.40. The van der Waals surface area contributed by atoms with E-state index in [2.05, 4.69) is 0 Å². The summed E-state index contributed by atoms with van der Waals surface area (Å²) in [4.78, 5) is 10.4. The molecule has 2 N–H and O–H groups in total. The molecule has 7 nitrogen and oxygen atoms in total. The minimum absolute atomic E-state index is 0.0202. The SMILES string of the molecule is COc1cc(CN(C)S(=O)(=O)CCCC(=O)O)ccc1O. The Labute approximate surface area is 123 Å². The largest absolute Gasteiger partial charge is 0.504 e. The summed E-state index contributed by atoms with van der Waals surface area (Å²) in [5.74, 6) is -0.987. The molecule has 0 saturated heterocycles. The van der Waals surface area contributed by atoms with Gasteiger partial charge < -0.3 is 14.9 Å². The highest BCUT2D eigenvalue weighted by Crippen LogP contribution is 2.27. The fourth-order valence-corrected chi connectivity index (χ4v) is 2.90. The van der Waals surface area contributed by atoms with E-state index < -0.39 is 16.0 Å². The number of hydrogen-bond acceptors (Lipinski definition) is 5. The second-order valence-electron chi connectivity index (χ2n) is 4.58. The third-order valence-corrected chi connectivity index (χ3v) is 4.80. The summed E-state index contributed by atoms with van der Waals surface area (Å²) in [6, 6.07) is 4.58. The van der Waals surface area contributed by atoms with Crippen LogP contribution in [-0.4, -0.2) is 48.8 Å². The molecule has 8 heteroatoms. The maximum Gasteiger partial charge on any atom is 0.303 e. The highest BCUT2D eigenvalue weighted by atomic mass is 32.2. The lowest BCUT2D eigenvalue weighted by molar-refractivity contribution is -0.137. The van der Waals surface area contributed by atoms with Crippen LogP contribution < -0.4 is 4.74 Å². The van der Waals surface area contributed by atoms with Crippen LogP contribution in [0, 0.1) is 0 Å². The summed E-state index contributed by atoms with van der Waals surface area (Å²) < 4.78 is 30.1. The molecule has 0 aromatic heterocycles. The molecular formula is C13H19NO6S. The first-order valence-corrected chi connectivity index (χ1v) is 7.89. The summed E-state index contributed by atoms with van der Waals surface area (Å²) in [5.41, 5.74) is 0.661. The number of sulfonamides is 1. The molecule has 0 radical (unpaired) electrons. The molecule has 0 aliphatic rings. The first-order valence-electron chi connectivity index (χ1n) is 6.28. The van der Waals surface area contributed by atoms with Crippen LogP contribution in [0.1, 0.15) is 18.4 Å². The summed E-state index contributed by atoms with van der Waals surface area (Å²) in [6.45, 7) is 0.117. The van der Waals surface area contributed by atoms with Gasteiger partial charge in [0.2, 0.25) is 10.0 Å². The standard InChI is InChI=1S/C13H19NO6S/c1-14(21(18,19)7-3-4-13(16)17)9-10-5-6-11(15)12(8-10)20-2/h5-6,8,15H,3-4,7,9H2,1-2H3,(H,16,17). The number of phenols is 1. The molecule has 0 bridgehead atoms. The molecule has 0 aliphatic heterocycles. The normalized spacial score (nSPS) is 11.6. The lowest BCUT2D eigenvalue weighted by atomic mass is 10.2. The molecule has 21 heavy (non-hydrogen) atoms. The Kier molecular flexibility index (Phi) is 5.98. The number of nitrogens with zero attached hydrogens (tertiary/aromatic N) is 1. The molecule has 0 aliphatic carbocycles. The Hall–Kier alpha value is -1.80. The smallest absolute Gasteiger partial charge is 0.303 e. The Morgan fingerprint density at radius 1 is 1.38 bits per heavy atom. The lowest BCUT2D eigenvalue weighted by Gasteiger charge is -2.17. The molecule has 0 saturated carbocycles. The number of carbonyl (C=O) groups is 1. The van der Waals surface area contributed by atoms with Crippen molar-refractivity contribution in [1.29, 1.82) is 0 Å². The molecule has 0 atom stereocenters. The number of carboxylic acids is 1. The third-order valence-electron chi connectivity index (χ3n) is 2.92. The van der Waals surface area contributed by atoms with E-state index in [1.807, 2.05) is 0 Å². The van der Waals surface area contributed by atoms with Crippen LogP contribution in [0.3, 0.4) is 0 Å². The van der Waals surface area contributed by atoms with E-state index >= 15 is 0 Å². The van der Waals surface area contributed by atoms with E-state index in [1.54, 1.807) is 12.1 Å². The van der Waals surface area contributed by atoms with Crippen molar-refractivity contribution in [3.63, 3.8) is 0 Å². The van der Waals surface area contributed by atoms with Crippen molar-refractivity contribution in [2.45, 2.75) is 19.4 Å². The first kappa shape index (κ1) is 17.3. The number of phenolic OH excluding ortho intramolecular Hbond substituents is 1. The van der Waals surface area contributed by atoms with E-state index in [4.69, 9.17) is 9.84 Å². The lowest BCUT2D eigenvalue weighted by Crippen LogP contribution is -2.29. The van der Waals surface area contributed by atoms with Crippen molar-refractivity contribution < 1.29 is 28.2 Å². The quantitative estimate of drug-likeness (QED) is 0.742. The zero-order valence-corrected chi connectivity index (χ0v) is 12.8. The van der Waals surface area contributed by atoms with E-state index in [0.29, 0.717) is 5.56 Å². The second kappa shape index (κ2) is 7.28. The van der Waals surface area contributed by atoms with Crippen LogP contribution in [0.4, 0.5) is 0 Å². The van der Waals surface area contributed by atoms with Crippen LogP contribution in [0.25, 0.3) is 0 Å².